The fraction of sp³-hybridized carbons (Fsp3) is 0.182. The molecule has 168 valence electrons. The van der Waals surface area contributed by atoms with E-state index in [0.717, 1.165) is 17.3 Å². The smallest absolute Gasteiger partial charge is 0.321 e. The Kier molecular flexibility index (Phi) is 6.79. The maximum atomic E-state index is 13.0. The second-order valence-corrected chi connectivity index (χ2v) is 7.84. The Morgan fingerprint density at radius 3 is 2.52 bits per heavy atom. The molecule has 0 bridgehead atoms. The molecule has 0 aliphatic carbocycles. The number of amides is 3. The highest BCUT2D eigenvalue weighted by Crippen LogP contribution is 2.26. The highest BCUT2D eigenvalue weighted by atomic mass is 32.2. The van der Waals surface area contributed by atoms with Gasteiger partial charge >= 0.3 is 6.03 Å². The first-order valence-corrected chi connectivity index (χ1v) is 11.1. The Labute approximate surface area is 192 Å². The molecule has 2 aromatic carbocycles. The van der Waals surface area contributed by atoms with Crippen LogP contribution in [0.1, 0.15) is 12.5 Å². The maximum Gasteiger partial charge on any atom is 0.321 e. The molecule has 0 fully saturated rings. The normalized spacial score (nSPS) is 10.8. The molecule has 4 rings (SSSR count). The number of benzene rings is 2. The Morgan fingerprint density at radius 1 is 1.03 bits per heavy atom. The van der Waals surface area contributed by atoms with E-state index < -0.39 is 11.9 Å². The van der Waals surface area contributed by atoms with Gasteiger partial charge in [-0.05, 0) is 18.6 Å². The van der Waals surface area contributed by atoms with Crippen molar-refractivity contribution in [3.63, 3.8) is 0 Å². The van der Waals surface area contributed by atoms with E-state index in [-0.39, 0.29) is 29.0 Å². The quantitative estimate of drug-likeness (QED) is 0.399. The summed E-state index contributed by atoms with van der Waals surface area (Å²) in [6.45, 7) is 2.44. The van der Waals surface area contributed by atoms with Gasteiger partial charge in [0.2, 0.25) is 5.91 Å². The molecular formula is C22H20N6O4S. The minimum absolute atomic E-state index is 0.0829. The van der Waals surface area contributed by atoms with E-state index in [4.69, 9.17) is 4.42 Å². The molecule has 11 heteroatoms. The summed E-state index contributed by atoms with van der Waals surface area (Å²) in [5, 5.41) is 18.4. The van der Waals surface area contributed by atoms with Crippen LogP contribution < -0.4 is 16.2 Å². The standard InChI is InChI=1S/C22H20N6O4S/c1-2-23-21(31)24-17(29)13-33-22-26-25-19(32-22)18-15-10-6-7-11-16(15)20(30)28(27-18)12-14-8-4-3-5-9-14/h3-11H,2,12-13H2,1H3,(H2,23,24,29,31). The SMILES string of the molecule is CCNC(=O)NC(=O)CSc1nnc(-c2nn(Cc3ccccc3)c(=O)c3ccccc23)o1. The average molecular weight is 465 g/mol. The van der Waals surface area contributed by atoms with Crippen molar-refractivity contribution in [3.8, 4) is 11.6 Å². The largest absolute Gasteiger partial charge is 0.409 e. The van der Waals surface area contributed by atoms with Crippen LogP contribution in [-0.2, 0) is 11.3 Å². The predicted octanol–water partition coefficient (Wildman–Crippen LogP) is 2.43. The fourth-order valence-electron chi connectivity index (χ4n) is 3.12. The summed E-state index contributed by atoms with van der Waals surface area (Å²) in [4.78, 5) is 36.3. The number of nitrogens with zero attached hydrogens (tertiary/aromatic N) is 4. The molecule has 0 unspecified atom stereocenters. The van der Waals surface area contributed by atoms with Crippen LogP contribution in [0.2, 0.25) is 0 Å². The van der Waals surface area contributed by atoms with Crippen molar-refractivity contribution < 1.29 is 14.0 Å². The summed E-state index contributed by atoms with van der Waals surface area (Å²) in [5.74, 6) is -0.453. The highest BCUT2D eigenvalue weighted by molar-refractivity contribution is 7.99. The number of nitrogens with one attached hydrogen (secondary N) is 2. The van der Waals surface area contributed by atoms with E-state index >= 15 is 0 Å². The van der Waals surface area contributed by atoms with Crippen LogP contribution in [0, 0.1) is 0 Å². The summed E-state index contributed by atoms with van der Waals surface area (Å²) in [6, 6.07) is 16.0. The van der Waals surface area contributed by atoms with Crippen LogP contribution in [0.5, 0.6) is 0 Å². The fourth-order valence-corrected chi connectivity index (χ4v) is 3.68. The van der Waals surface area contributed by atoms with Crippen LogP contribution >= 0.6 is 11.8 Å². The van der Waals surface area contributed by atoms with Gasteiger partial charge in [-0.1, -0.05) is 60.3 Å². The third kappa shape index (κ3) is 5.26. The van der Waals surface area contributed by atoms with Crippen molar-refractivity contribution in [1.29, 1.82) is 0 Å². The molecular weight excluding hydrogens is 444 g/mol. The number of fused-ring (bicyclic) bond motifs is 1. The van der Waals surface area contributed by atoms with Gasteiger partial charge in [-0.15, -0.1) is 10.2 Å². The Balaban J connectivity index is 1.60. The molecule has 0 atom stereocenters. The molecule has 3 amide bonds. The Bertz CT molecular complexity index is 1350. The van der Waals surface area contributed by atoms with Crippen LogP contribution in [-0.4, -0.2) is 44.2 Å². The Morgan fingerprint density at radius 2 is 1.76 bits per heavy atom. The molecule has 10 nitrogen and oxygen atoms in total. The van der Waals surface area contributed by atoms with Gasteiger partial charge in [0.25, 0.3) is 16.7 Å². The van der Waals surface area contributed by atoms with E-state index in [1.807, 2.05) is 30.3 Å². The lowest BCUT2D eigenvalue weighted by molar-refractivity contribution is -0.117. The van der Waals surface area contributed by atoms with Crippen molar-refractivity contribution in [2.45, 2.75) is 18.7 Å². The number of rotatable bonds is 7. The number of hydrogen-bond donors (Lipinski definition) is 2. The third-order valence-electron chi connectivity index (χ3n) is 4.57. The predicted molar refractivity (Wildman–Crippen MR) is 123 cm³/mol. The minimum atomic E-state index is -0.564. The molecule has 0 aliphatic heterocycles. The van der Waals surface area contributed by atoms with Crippen molar-refractivity contribution in [2.75, 3.05) is 12.3 Å². The second-order valence-electron chi connectivity index (χ2n) is 6.91. The van der Waals surface area contributed by atoms with Gasteiger partial charge in [-0.3, -0.25) is 14.9 Å². The zero-order valence-corrected chi connectivity index (χ0v) is 18.5. The van der Waals surface area contributed by atoms with Gasteiger partial charge in [0, 0.05) is 11.9 Å². The minimum Gasteiger partial charge on any atom is -0.409 e. The maximum absolute atomic E-state index is 13.0. The molecule has 0 saturated carbocycles. The van der Waals surface area contributed by atoms with Crippen molar-refractivity contribution in [3.05, 3.63) is 70.5 Å². The van der Waals surface area contributed by atoms with Gasteiger partial charge < -0.3 is 9.73 Å². The zero-order chi connectivity index (χ0) is 23.2. The van der Waals surface area contributed by atoms with Gasteiger partial charge in [0.1, 0.15) is 0 Å². The first-order valence-electron chi connectivity index (χ1n) is 10.1. The highest BCUT2D eigenvalue weighted by Gasteiger charge is 2.18. The number of carbonyl (C=O) groups excluding carboxylic acids is 2. The molecule has 33 heavy (non-hydrogen) atoms. The monoisotopic (exact) mass is 464 g/mol. The number of thioether (sulfide) groups is 1. The molecule has 0 radical (unpaired) electrons. The number of urea groups is 1. The average Bonchev–Trinajstić information content (AvgIpc) is 3.29. The van der Waals surface area contributed by atoms with Gasteiger partial charge in [0.05, 0.1) is 17.7 Å². The van der Waals surface area contributed by atoms with Crippen LogP contribution in [0.3, 0.4) is 0 Å². The number of aromatic nitrogens is 4. The number of imide groups is 1. The third-order valence-corrected chi connectivity index (χ3v) is 5.39. The second kappa shape index (κ2) is 10.1. The van der Waals surface area contributed by atoms with Gasteiger partial charge in [0.15, 0.2) is 5.69 Å². The summed E-state index contributed by atoms with van der Waals surface area (Å²) >= 11 is 0.991. The molecule has 0 saturated heterocycles. The summed E-state index contributed by atoms with van der Waals surface area (Å²) in [5.41, 5.74) is 1.06. The summed E-state index contributed by atoms with van der Waals surface area (Å²) < 4.78 is 7.07. The lowest BCUT2D eigenvalue weighted by atomic mass is 10.1. The van der Waals surface area contributed by atoms with E-state index in [2.05, 4.69) is 25.9 Å². The molecule has 4 aromatic rings. The van der Waals surface area contributed by atoms with Gasteiger partial charge in [-0.25, -0.2) is 9.48 Å². The van der Waals surface area contributed by atoms with E-state index in [9.17, 15) is 14.4 Å². The molecule has 2 aromatic heterocycles. The molecule has 0 spiro atoms. The van der Waals surface area contributed by atoms with Crippen LogP contribution in [0.4, 0.5) is 4.79 Å². The van der Waals surface area contributed by atoms with Crippen molar-refractivity contribution >= 4 is 34.5 Å². The summed E-state index contributed by atoms with van der Waals surface area (Å²) in [7, 11) is 0. The first kappa shape index (κ1) is 22.2. The Hall–Kier alpha value is -3.99. The molecule has 2 heterocycles. The summed E-state index contributed by atoms with van der Waals surface area (Å²) in [6.07, 6.45) is 0. The van der Waals surface area contributed by atoms with E-state index in [0.29, 0.717) is 23.0 Å². The molecule has 2 N–H and O–H groups in total. The van der Waals surface area contributed by atoms with Gasteiger partial charge in [-0.2, -0.15) is 5.10 Å². The van der Waals surface area contributed by atoms with E-state index in [1.54, 1.807) is 31.2 Å². The van der Waals surface area contributed by atoms with Crippen molar-refractivity contribution in [2.24, 2.45) is 0 Å². The lowest BCUT2D eigenvalue weighted by Crippen LogP contribution is -2.40. The van der Waals surface area contributed by atoms with Crippen LogP contribution in [0.15, 0.2) is 69.0 Å². The topological polar surface area (TPSA) is 132 Å². The number of hydrogen-bond acceptors (Lipinski definition) is 8. The first-order chi connectivity index (χ1) is 16.0. The lowest BCUT2D eigenvalue weighted by Gasteiger charge is -2.09. The van der Waals surface area contributed by atoms with Crippen LogP contribution in [0.25, 0.3) is 22.4 Å². The van der Waals surface area contributed by atoms with E-state index in [1.165, 1.54) is 4.68 Å². The van der Waals surface area contributed by atoms with Crippen molar-refractivity contribution in [1.82, 2.24) is 30.6 Å². The molecule has 0 aliphatic rings. The zero-order valence-electron chi connectivity index (χ0n) is 17.6. The number of carbonyl (C=O) groups is 2.